The standard InChI is InChI=1S/C20H13ClF3NOS/c21-14-7-3-12(4-8-14)16-10-27-19-15(9-17(26)25-18(16)19)11-1-5-13(6-2-11)20(22,23)24/h1-8,10,15H,9H2,(H,25,26). The number of thiophene rings is 1. The van der Waals surface area contributed by atoms with E-state index < -0.39 is 11.7 Å². The fourth-order valence-corrected chi connectivity index (χ4v) is 4.53. The van der Waals surface area contributed by atoms with E-state index in [9.17, 15) is 18.0 Å². The zero-order chi connectivity index (χ0) is 19.2. The van der Waals surface area contributed by atoms with Crippen molar-refractivity contribution >= 4 is 34.5 Å². The molecule has 0 saturated heterocycles. The third-order valence-corrected chi connectivity index (χ3v) is 5.93. The van der Waals surface area contributed by atoms with Gasteiger partial charge < -0.3 is 5.32 Å². The number of hydrogen-bond acceptors (Lipinski definition) is 2. The molecule has 1 unspecified atom stereocenters. The quantitative estimate of drug-likeness (QED) is 0.512. The molecule has 1 N–H and O–H groups in total. The maximum atomic E-state index is 12.8. The van der Waals surface area contributed by atoms with Crippen molar-refractivity contribution in [1.29, 1.82) is 0 Å². The maximum absolute atomic E-state index is 12.8. The summed E-state index contributed by atoms with van der Waals surface area (Å²) in [6.45, 7) is 0. The van der Waals surface area contributed by atoms with E-state index in [-0.39, 0.29) is 18.2 Å². The molecular formula is C20H13ClF3NOS. The van der Waals surface area contributed by atoms with Crippen LogP contribution in [-0.2, 0) is 11.0 Å². The summed E-state index contributed by atoms with van der Waals surface area (Å²) in [5.41, 5.74) is 2.54. The molecule has 3 aromatic rings. The highest BCUT2D eigenvalue weighted by Gasteiger charge is 2.33. The predicted octanol–water partition coefficient (Wildman–Crippen LogP) is 6.56. The van der Waals surface area contributed by atoms with Crippen molar-refractivity contribution in [3.63, 3.8) is 0 Å². The number of nitrogens with one attached hydrogen (secondary N) is 1. The first-order valence-electron chi connectivity index (χ1n) is 8.17. The van der Waals surface area contributed by atoms with Gasteiger partial charge in [-0.25, -0.2) is 0 Å². The Kier molecular flexibility index (Phi) is 4.48. The molecule has 2 nitrogen and oxygen atoms in total. The van der Waals surface area contributed by atoms with Gasteiger partial charge in [0.15, 0.2) is 0 Å². The van der Waals surface area contributed by atoms with Gasteiger partial charge >= 0.3 is 6.18 Å². The molecule has 2 aromatic carbocycles. The normalized spacial score (nSPS) is 16.7. The van der Waals surface area contributed by atoms with E-state index in [4.69, 9.17) is 11.6 Å². The molecule has 0 radical (unpaired) electrons. The molecule has 2 heterocycles. The van der Waals surface area contributed by atoms with Gasteiger partial charge in [-0.15, -0.1) is 11.3 Å². The van der Waals surface area contributed by atoms with Gasteiger partial charge in [0.2, 0.25) is 5.91 Å². The first kappa shape index (κ1) is 18.1. The predicted molar refractivity (Wildman–Crippen MR) is 101 cm³/mol. The Bertz CT molecular complexity index is 994. The highest BCUT2D eigenvalue weighted by atomic mass is 35.5. The van der Waals surface area contributed by atoms with Gasteiger partial charge in [-0.3, -0.25) is 4.79 Å². The van der Waals surface area contributed by atoms with Gasteiger partial charge in [-0.2, -0.15) is 13.2 Å². The number of hydrogen-bond donors (Lipinski definition) is 1. The SMILES string of the molecule is O=C1CC(c2ccc(C(F)(F)F)cc2)c2scc(-c3ccc(Cl)cc3)c2N1. The van der Waals surface area contributed by atoms with Crippen LogP contribution in [0.25, 0.3) is 11.1 Å². The minimum absolute atomic E-state index is 0.152. The van der Waals surface area contributed by atoms with Crippen LogP contribution in [0.1, 0.15) is 28.3 Å². The van der Waals surface area contributed by atoms with E-state index in [1.165, 1.54) is 23.5 Å². The number of carbonyl (C=O) groups excluding carboxylic acids is 1. The van der Waals surface area contributed by atoms with Crippen LogP contribution in [0.5, 0.6) is 0 Å². The largest absolute Gasteiger partial charge is 0.416 e. The van der Waals surface area contributed by atoms with E-state index in [1.54, 1.807) is 12.1 Å². The van der Waals surface area contributed by atoms with Crippen molar-refractivity contribution in [3.05, 3.63) is 74.9 Å². The van der Waals surface area contributed by atoms with Gasteiger partial charge in [-0.1, -0.05) is 35.9 Å². The summed E-state index contributed by atoms with van der Waals surface area (Å²) in [7, 11) is 0. The highest BCUT2D eigenvalue weighted by Crippen LogP contribution is 2.46. The first-order chi connectivity index (χ1) is 12.8. The molecule has 4 rings (SSSR count). The first-order valence-corrected chi connectivity index (χ1v) is 9.43. The topological polar surface area (TPSA) is 29.1 Å². The fourth-order valence-electron chi connectivity index (χ4n) is 3.24. The zero-order valence-electron chi connectivity index (χ0n) is 13.8. The maximum Gasteiger partial charge on any atom is 0.416 e. The van der Waals surface area contributed by atoms with Gasteiger partial charge in [0.25, 0.3) is 0 Å². The van der Waals surface area contributed by atoms with Gasteiger partial charge in [-0.05, 0) is 35.4 Å². The van der Waals surface area contributed by atoms with Gasteiger partial charge in [0.1, 0.15) is 0 Å². The number of alkyl halides is 3. The summed E-state index contributed by atoms with van der Waals surface area (Å²) >= 11 is 7.44. The van der Waals surface area contributed by atoms with E-state index >= 15 is 0 Å². The van der Waals surface area contributed by atoms with Crippen LogP contribution in [0.15, 0.2) is 53.9 Å². The molecular weight excluding hydrogens is 395 g/mol. The summed E-state index contributed by atoms with van der Waals surface area (Å²) in [5, 5.41) is 5.49. The van der Waals surface area contributed by atoms with Crippen molar-refractivity contribution in [2.45, 2.75) is 18.5 Å². The van der Waals surface area contributed by atoms with Crippen LogP contribution in [0.3, 0.4) is 0 Å². The number of fused-ring (bicyclic) bond motifs is 1. The van der Waals surface area contributed by atoms with E-state index in [0.717, 1.165) is 33.8 Å². The minimum atomic E-state index is -4.38. The monoisotopic (exact) mass is 407 g/mol. The van der Waals surface area contributed by atoms with Crippen LogP contribution in [0, 0.1) is 0 Å². The highest BCUT2D eigenvalue weighted by molar-refractivity contribution is 7.11. The molecule has 0 aliphatic carbocycles. The third kappa shape index (κ3) is 3.47. The van der Waals surface area contributed by atoms with Crippen LogP contribution >= 0.6 is 22.9 Å². The Morgan fingerprint density at radius 1 is 1.04 bits per heavy atom. The molecule has 1 amide bonds. The average molecular weight is 408 g/mol. The summed E-state index contributed by atoms with van der Waals surface area (Å²) in [4.78, 5) is 13.2. The van der Waals surface area contributed by atoms with Crippen molar-refractivity contribution in [2.75, 3.05) is 5.32 Å². The lowest BCUT2D eigenvalue weighted by molar-refractivity contribution is -0.137. The average Bonchev–Trinajstić information content (AvgIpc) is 3.05. The van der Waals surface area contributed by atoms with E-state index in [2.05, 4.69) is 5.32 Å². The lowest BCUT2D eigenvalue weighted by Gasteiger charge is -2.24. The second-order valence-corrected chi connectivity index (χ2v) is 7.67. The molecule has 0 spiro atoms. The molecule has 1 aromatic heterocycles. The molecule has 27 heavy (non-hydrogen) atoms. The van der Waals surface area contributed by atoms with Gasteiger partial charge in [0, 0.05) is 33.2 Å². The van der Waals surface area contributed by atoms with Crippen LogP contribution in [0.4, 0.5) is 18.9 Å². The number of anilines is 1. The summed E-state index contributed by atoms with van der Waals surface area (Å²) in [6.07, 6.45) is -4.17. The fraction of sp³-hybridized carbons (Fsp3) is 0.150. The van der Waals surface area contributed by atoms with E-state index in [0.29, 0.717) is 10.6 Å². The summed E-state index contributed by atoms with van der Waals surface area (Å²) in [5.74, 6) is -0.414. The third-order valence-electron chi connectivity index (χ3n) is 4.59. The lowest BCUT2D eigenvalue weighted by atomic mass is 9.88. The molecule has 7 heteroatoms. The number of carbonyl (C=O) groups is 1. The number of amides is 1. The Morgan fingerprint density at radius 2 is 1.70 bits per heavy atom. The van der Waals surface area contributed by atoms with Crippen LogP contribution in [0.2, 0.25) is 5.02 Å². The smallest absolute Gasteiger partial charge is 0.325 e. The second-order valence-electron chi connectivity index (χ2n) is 6.32. The van der Waals surface area contributed by atoms with Crippen molar-refractivity contribution < 1.29 is 18.0 Å². The van der Waals surface area contributed by atoms with Crippen LogP contribution < -0.4 is 5.32 Å². The van der Waals surface area contributed by atoms with Crippen molar-refractivity contribution in [2.24, 2.45) is 0 Å². The molecule has 1 atom stereocenters. The molecule has 0 bridgehead atoms. The van der Waals surface area contributed by atoms with Gasteiger partial charge in [0.05, 0.1) is 11.3 Å². The van der Waals surface area contributed by atoms with E-state index in [1.807, 2.05) is 17.5 Å². The zero-order valence-corrected chi connectivity index (χ0v) is 15.4. The molecule has 1 aliphatic rings. The van der Waals surface area contributed by atoms with Crippen LogP contribution in [-0.4, -0.2) is 5.91 Å². The Hall–Kier alpha value is -2.31. The second kappa shape index (κ2) is 6.69. The minimum Gasteiger partial charge on any atom is -0.325 e. The van der Waals surface area contributed by atoms with Crippen molar-refractivity contribution in [1.82, 2.24) is 0 Å². The number of halogens is 4. The lowest BCUT2D eigenvalue weighted by Crippen LogP contribution is -2.22. The number of benzene rings is 2. The molecule has 138 valence electrons. The van der Waals surface area contributed by atoms with Crippen molar-refractivity contribution in [3.8, 4) is 11.1 Å². The summed E-state index contributed by atoms with van der Waals surface area (Å²) in [6, 6.07) is 12.3. The number of rotatable bonds is 2. The molecule has 0 saturated carbocycles. The molecule has 0 fully saturated rings. The Balaban J connectivity index is 1.74. The Labute approximate surface area is 162 Å². The Morgan fingerprint density at radius 3 is 2.33 bits per heavy atom. The summed E-state index contributed by atoms with van der Waals surface area (Å²) < 4.78 is 38.4. The molecule has 1 aliphatic heterocycles.